The van der Waals surface area contributed by atoms with Crippen molar-refractivity contribution in [3.05, 3.63) is 10.8 Å². The van der Waals surface area contributed by atoms with E-state index in [1.807, 2.05) is 13.8 Å². The first kappa shape index (κ1) is 10.0. The van der Waals surface area contributed by atoms with Crippen LogP contribution in [0.2, 0.25) is 19.6 Å². The van der Waals surface area contributed by atoms with Crippen LogP contribution in [0.1, 0.15) is 13.8 Å². The molecule has 0 saturated carbocycles. The van der Waals surface area contributed by atoms with Gasteiger partial charge in [0.25, 0.3) is 0 Å². The van der Waals surface area contributed by atoms with Gasteiger partial charge in [-0.2, -0.15) is 0 Å². The Bertz CT molecular complexity index is 142. The molecule has 0 aliphatic carbocycles. The van der Waals surface area contributed by atoms with Crippen molar-refractivity contribution in [2.75, 3.05) is 0 Å². The molecule has 10 heavy (non-hydrogen) atoms. The van der Waals surface area contributed by atoms with E-state index in [1.165, 1.54) is 0 Å². The molecule has 0 fully saturated rings. The number of hydrogen-bond donors (Lipinski definition) is 0. The highest BCUT2D eigenvalue weighted by molar-refractivity contribution is 6.70. The Hall–Kier alpha value is 0.0469. The van der Waals surface area contributed by atoms with Crippen LogP contribution in [0.15, 0.2) is 10.8 Å². The zero-order valence-electron chi connectivity index (χ0n) is 7.29. The number of hydrogen-bond acceptors (Lipinski definition) is 1. The van der Waals surface area contributed by atoms with E-state index in [0.717, 1.165) is 10.8 Å². The van der Waals surface area contributed by atoms with Crippen LogP contribution in [-0.4, -0.2) is 8.32 Å². The van der Waals surface area contributed by atoms with Crippen molar-refractivity contribution in [3.63, 3.8) is 0 Å². The van der Waals surface area contributed by atoms with Crippen molar-refractivity contribution in [1.82, 2.24) is 0 Å². The third-order valence-corrected chi connectivity index (χ3v) is 2.13. The lowest BCUT2D eigenvalue weighted by molar-refractivity contribution is 0.421. The highest BCUT2D eigenvalue weighted by Crippen LogP contribution is 2.15. The Labute approximate surface area is 69.2 Å². The Morgan fingerprint density at radius 2 is 1.60 bits per heavy atom. The molecule has 0 heterocycles. The minimum atomic E-state index is -1.43. The number of halogens is 1. The molecule has 0 aliphatic rings. The molecule has 60 valence electrons. The van der Waals surface area contributed by atoms with Gasteiger partial charge in [-0.25, -0.2) is 0 Å². The van der Waals surface area contributed by atoms with Gasteiger partial charge in [0, 0.05) is 0 Å². The second-order valence-corrected chi connectivity index (χ2v) is 8.30. The maximum Gasteiger partial charge on any atom is 0.241 e. The Balaban J connectivity index is 4.06. The lowest BCUT2D eigenvalue weighted by atomic mass is 10.5. The normalized spacial score (nSPS) is 14.6. The van der Waals surface area contributed by atoms with Crippen molar-refractivity contribution in [1.29, 1.82) is 0 Å². The van der Waals surface area contributed by atoms with E-state index < -0.39 is 8.32 Å². The fraction of sp³-hybridized carbons (Fsp3) is 0.714. The van der Waals surface area contributed by atoms with Crippen molar-refractivity contribution >= 4 is 19.9 Å². The first-order chi connectivity index (χ1) is 4.33. The molecule has 3 heteroatoms. The molecule has 0 aromatic heterocycles. The van der Waals surface area contributed by atoms with E-state index in [0.29, 0.717) is 0 Å². The largest absolute Gasteiger partial charge is 0.547 e. The average Bonchev–Trinajstić information content (AvgIpc) is 1.60. The highest BCUT2D eigenvalue weighted by atomic mass is 35.5. The summed E-state index contributed by atoms with van der Waals surface area (Å²) in [5, 5.41) is 0.752. The number of allylic oxidation sites excluding steroid dienone is 2. The van der Waals surface area contributed by atoms with E-state index in [2.05, 4.69) is 19.6 Å². The Morgan fingerprint density at radius 1 is 1.20 bits per heavy atom. The molecule has 0 unspecified atom stereocenters. The van der Waals surface area contributed by atoms with Crippen LogP contribution < -0.4 is 0 Å². The standard InChI is InChI=1S/C7H15ClOSi/c1-6(8)7(2)9-10(3,4)5/h1-5H3/b7-6+. The van der Waals surface area contributed by atoms with Crippen molar-refractivity contribution in [2.45, 2.75) is 33.5 Å². The second-order valence-electron chi connectivity index (χ2n) is 3.30. The maximum absolute atomic E-state index is 5.71. The van der Waals surface area contributed by atoms with Gasteiger partial charge in [0.1, 0.15) is 0 Å². The van der Waals surface area contributed by atoms with Gasteiger partial charge in [0.05, 0.1) is 10.8 Å². The van der Waals surface area contributed by atoms with Gasteiger partial charge in [-0.05, 0) is 33.5 Å². The van der Waals surface area contributed by atoms with Crippen LogP contribution in [0.3, 0.4) is 0 Å². The summed E-state index contributed by atoms with van der Waals surface area (Å²) in [6.45, 7) is 10.2. The van der Waals surface area contributed by atoms with Crippen LogP contribution >= 0.6 is 11.6 Å². The maximum atomic E-state index is 5.71. The summed E-state index contributed by atoms with van der Waals surface area (Å²) < 4.78 is 5.59. The molecule has 0 bridgehead atoms. The molecule has 1 nitrogen and oxygen atoms in total. The smallest absolute Gasteiger partial charge is 0.241 e. The van der Waals surface area contributed by atoms with Gasteiger partial charge in [0.15, 0.2) is 0 Å². The first-order valence-electron chi connectivity index (χ1n) is 3.35. The van der Waals surface area contributed by atoms with Gasteiger partial charge in [-0.1, -0.05) is 11.6 Å². The topological polar surface area (TPSA) is 9.23 Å². The third kappa shape index (κ3) is 4.88. The molecule has 0 aromatic carbocycles. The molecule has 0 N–H and O–H groups in total. The monoisotopic (exact) mass is 178 g/mol. The van der Waals surface area contributed by atoms with Gasteiger partial charge < -0.3 is 4.43 Å². The highest BCUT2D eigenvalue weighted by Gasteiger charge is 2.16. The summed E-state index contributed by atoms with van der Waals surface area (Å²) in [6, 6.07) is 0. The lowest BCUT2D eigenvalue weighted by Gasteiger charge is -2.19. The van der Waals surface area contributed by atoms with Crippen LogP contribution in [0.25, 0.3) is 0 Å². The van der Waals surface area contributed by atoms with Crippen molar-refractivity contribution in [3.8, 4) is 0 Å². The third-order valence-electron chi connectivity index (χ3n) is 0.944. The summed E-state index contributed by atoms with van der Waals surface area (Å²) in [7, 11) is -1.43. The fourth-order valence-electron chi connectivity index (χ4n) is 0.530. The van der Waals surface area contributed by atoms with E-state index in [4.69, 9.17) is 16.0 Å². The van der Waals surface area contributed by atoms with Crippen molar-refractivity contribution < 1.29 is 4.43 Å². The molecular formula is C7H15ClOSi. The van der Waals surface area contributed by atoms with Gasteiger partial charge >= 0.3 is 0 Å². The summed E-state index contributed by atoms with van der Waals surface area (Å²) in [6.07, 6.45) is 0. The molecule has 0 rings (SSSR count). The van der Waals surface area contributed by atoms with Gasteiger partial charge in [-0.3, -0.25) is 0 Å². The molecule has 0 radical (unpaired) electrons. The summed E-state index contributed by atoms with van der Waals surface area (Å²) in [5.74, 6) is 0.862. The van der Waals surface area contributed by atoms with Gasteiger partial charge in [0.2, 0.25) is 8.32 Å². The fourth-order valence-corrected chi connectivity index (χ4v) is 1.70. The van der Waals surface area contributed by atoms with E-state index in [-0.39, 0.29) is 0 Å². The van der Waals surface area contributed by atoms with Crippen molar-refractivity contribution in [2.24, 2.45) is 0 Å². The zero-order valence-corrected chi connectivity index (χ0v) is 9.04. The Kier molecular flexibility index (Phi) is 3.46. The molecule has 0 aromatic rings. The quantitative estimate of drug-likeness (QED) is 0.466. The zero-order chi connectivity index (χ0) is 8.36. The second kappa shape index (κ2) is 3.44. The summed E-state index contributed by atoms with van der Waals surface area (Å²) in [4.78, 5) is 0. The first-order valence-corrected chi connectivity index (χ1v) is 7.13. The Morgan fingerprint density at radius 3 is 1.70 bits per heavy atom. The van der Waals surface area contributed by atoms with Crippen LogP contribution in [-0.2, 0) is 4.43 Å². The van der Waals surface area contributed by atoms with E-state index >= 15 is 0 Å². The minimum absolute atomic E-state index is 0.752. The summed E-state index contributed by atoms with van der Waals surface area (Å²) in [5.41, 5.74) is 0. The predicted molar refractivity (Wildman–Crippen MR) is 48.7 cm³/mol. The molecule has 0 aliphatic heterocycles. The molecule has 0 saturated heterocycles. The molecular weight excluding hydrogens is 164 g/mol. The lowest BCUT2D eigenvalue weighted by Crippen LogP contribution is -2.24. The number of rotatable bonds is 2. The van der Waals surface area contributed by atoms with E-state index in [9.17, 15) is 0 Å². The minimum Gasteiger partial charge on any atom is -0.547 e. The van der Waals surface area contributed by atoms with Crippen LogP contribution in [0, 0.1) is 0 Å². The average molecular weight is 179 g/mol. The van der Waals surface area contributed by atoms with E-state index in [1.54, 1.807) is 0 Å². The predicted octanol–water partition coefficient (Wildman–Crippen LogP) is 3.33. The molecule has 0 spiro atoms. The SMILES string of the molecule is C/C(Cl)=C(/C)O[Si](C)(C)C. The summed E-state index contributed by atoms with van der Waals surface area (Å²) >= 11 is 5.71. The molecule has 0 amide bonds. The molecule has 0 atom stereocenters. The van der Waals surface area contributed by atoms with Crippen LogP contribution in [0.5, 0.6) is 0 Å². The van der Waals surface area contributed by atoms with Gasteiger partial charge in [-0.15, -0.1) is 0 Å². The van der Waals surface area contributed by atoms with Crippen LogP contribution in [0.4, 0.5) is 0 Å².